The maximum absolute atomic E-state index is 12.3. The molecule has 2 heterocycles. The van der Waals surface area contributed by atoms with Crippen LogP contribution < -0.4 is 15.0 Å². The van der Waals surface area contributed by atoms with Gasteiger partial charge in [0.2, 0.25) is 5.88 Å². The maximum atomic E-state index is 12.3. The molecule has 1 aromatic carbocycles. The average molecular weight is 309 g/mol. The molecule has 6 heteroatoms. The van der Waals surface area contributed by atoms with Crippen molar-refractivity contribution in [2.75, 3.05) is 7.11 Å². The number of hydrogen-bond donors (Lipinski definition) is 0. The van der Waals surface area contributed by atoms with Crippen molar-refractivity contribution in [3.8, 4) is 17.7 Å². The molecule has 0 bridgehead atoms. The van der Waals surface area contributed by atoms with Crippen LogP contribution in [-0.4, -0.2) is 22.5 Å². The number of fused-ring (bicyclic) bond motifs is 1. The van der Waals surface area contributed by atoms with Gasteiger partial charge in [-0.2, -0.15) is 9.94 Å². The molecule has 0 atom stereocenters. The van der Waals surface area contributed by atoms with E-state index < -0.39 is 5.60 Å². The average Bonchev–Trinajstić information content (AvgIpc) is 2.53. The van der Waals surface area contributed by atoms with E-state index in [0.717, 1.165) is 0 Å². The molecule has 2 aromatic rings. The van der Waals surface area contributed by atoms with Gasteiger partial charge in [0.1, 0.15) is 11.4 Å². The predicted octanol–water partition coefficient (Wildman–Crippen LogP) is 2.18. The van der Waals surface area contributed by atoms with E-state index in [1.54, 1.807) is 18.2 Å². The quantitative estimate of drug-likeness (QED) is 0.849. The fourth-order valence-electron chi connectivity index (χ4n) is 2.46. The first-order valence-electron chi connectivity index (χ1n) is 7.05. The highest BCUT2D eigenvalue weighted by molar-refractivity contribution is 5.74. The normalized spacial score (nSPS) is 15.0. The van der Waals surface area contributed by atoms with Crippen LogP contribution in [0, 0.1) is 11.3 Å². The van der Waals surface area contributed by atoms with Gasteiger partial charge in [0.25, 0.3) is 5.56 Å². The summed E-state index contributed by atoms with van der Waals surface area (Å²) in [6.45, 7) is 3.78. The highest BCUT2D eigenvalue weighted by atomic mass is 16.5. The molecule has 0 radical (unpaired) electrons. The molecule has 0 saturated carbocycles. The second-order valence-corrected chi connectivity index (χ2v) is 5.68. The molecule has 0 spiro atoms. The zero-order chi connectivity index (χ0) is 16.6. The van der Waals surface area contributed by atoms with Crippen LogP contribution in [-0.2, 0) is 0 Å². The molecule has 0 amide bonds. The number of methoxy groups -OCH3 is 1. The van der Waals surface area contributed by atoms with Crippen LogP contribution in [0.1, 0.15) is 25.0 Å². The summed E-state index contributed by atoms with van der Waals surface area (Å²) in [4.78, 5) is 12.3. The molecule has 3 rings (SSSR count). The zero-order valence-electron chi connectivity index (χ0n) is 13.0. The molecular weight excluding hydrogens is 294 g/mol. The Kier molecular flexibility index (Phi) is 3.41. The van der Waals surface area contributed by atoms with E-state index in [0.29, 0.717) is 28.5 Å². The molecule has 1 aliphatic rings. The highest BCUT2D eigenvalue weighted by Crippen LogP contribution is 2.36. The van der Waals surface area contributed by atoms with E-state index >= 15 is 0 Å². The lowest BCUT2D eigenvalue weighted by Crippen LogP contribution is -2.33. The van der Waals surface area contributed by atoms with Crippen molar-refractivity contribution in [1.82, 2.24) is 9.78 Å². The minimum Gasteiger partial charge on any atom is -0.483 e. The summed E-state index contributed by atoms with van der Waals surface area (Å²) in [7, 11) is 1.49. The van der Waals surface area contributed by atoms with Crippen molar-refractivity contribution in [1.29, 1.82) is 5.26 Å². The largest absolute Gasteiger partial charge is 0.483 e. The van der Waals surface area contributed by atoms with Gasteiger partial charge in [0.15, 0.2) is 0 Å². The molecule has 0 saturated heterocycles. The van der Waals surface area contributed by atoms with Gasteiger partial charge in [-0.05, 0) is 38.1 Å². The Balaban J connectivity index is 2.28. The van der Waals surface area contributed by atoms with E-state index in [9.17, 15) is 4.79 Å². The fraction of sp³-hybridized carbons (Fsp3) is 0.235. The first kappa shape index (κ1) is 14.9. The standard InChI is InChI=1S/C17H15N3O3/c1-17(2)9-13(20-16(21)7-6-15(19-20)22-3)12-8-11(10-18)4-5-14(12)23-17/h4-9H,1-3H3. The lowest BCUT2D eigenvalue weighted by atomic mass is 9.98. The second kappa shape index (κ2) is 5.29. The minimum absolute atomic E-state index is 0.289. The van der Waals surface area contributed by atoms with Gasteiger partial charge in [-0.15, -0.1) is 5.10 Å². The van der Waals surface area contributed by atoms with Gasteiger partial charge in [0, 0.05) is 17.7 Å². The minimum atomic E-state index is -0.610. The number of benzene rings is 1. The van der Waals surface area contributed by atoms with Crippen LogP contribution in [0.25, 0.3) is 5.70 Å². The smallest absolute Gasteiger partial charge is 0.271 e. The predicted molar refractivity (Wildman–Crippen MR) is 84.3 cm³/mol. The Labute approximate surface area is 133 Å². The van der Waals surface area contributed by atoms with Gasteiger partial charge in [-0.25, -0.2) is 0 Å². The lowest BCUT2D eigenvalue weighted by molar-refractivity contribution is 0.157. The van der Waals surface area contributed by atoms with Crippen molar-refractivity contribution < 1.29 is 9.47 Å². The Morgan fingerprint density at radius 2 is 2.09 bits per heavy atom. The van der Waals surface area contributed by atoms with Crippen molar-refractivity contribution >= 4 is 5.70 Å². The van der Waals surface area contributed by atoms with Gasteiger partial charge in [0.05, 0.1) is 24.4 Å². The third-order valence-electron chi connectivity index (χ3n) is 3.46. The van der Waals surface area contributed by atoms with Gasteiger partial charge in [-0.3, -0.25) is 4.79 Å². The Morgan fingerprint density at radius 3 is 2.78 bits per heavy atom. The molecule has 1 aromatic heterocycles. The molecular formula is C17H15N3O3. The summed E-state index contributed by atoms with van der Waals surface area (Å²) in [6, 6.07) is 10.1. The van der Waals surface area contributed by atoms with E-state index in [2.05, 4.69) is 11.2 Å². The molecule has 1 aliphatic heterocycles. The van der Waals surface area contributed by atoms with Crippen LogP contribution in [0.3, 0.4) is 0 Å². The summed E-state index contributed by atoms with van der Waals surface area (Å²) in [5.41, 5.74) is 0.793. The van der Waals surface area contributed by atoms with Crippen LogP contribution in [0.15, 0.2) is 41.2 Å². The molecule has 0 aliphatic carbocycles. The fourth-order valence-corrected chi connectivity index (χ4v) is 2.46. The summed E-state index contributed by atoms with van der Waals surface area (Å²) in [6.07, 6.45) is 1.81. The van der Waals surface area contributed by atoms with Crippen molar-refractivity contribution in [3.63, 3.8) is 0 Å². The first-order valence-corrected chi connectivity index (χ1v) is 7.05. The summed E-state index contributed by atoms with van der Waals surface area (Å²) >= 11 is 0. The molecule has 0 unspecified atom stereocenters. The number of nitrogens with zero attached hydrogens (tertiary/aromatic N) is 3. The number of aromatic nitrogens is 2. The topological polar surface area (TPSA) is 77.1 Å². The molecule has 23 heavy (non-hydrogen) atoms. The zero-order valence-corrected chi connectivity index (χ0v) is 13.0. The molecule has 6 nitrogen and oxygen atoms in total. The Hall–Kier alpha value is -3.07. The van der Waals surface area contributed by atoms with Crippen LogP contribution in [0.5, 0.6) is 11.6 Å². The van der Waals surface area contributed by atoms with Crippen molar-refractivity contribution in [2.24, 2.45) is 0 Å². The summed E-state index contributed by atoms with van der Waals surface area (Å²) in [5.74, 6) is 0.927. The number of rotatable bonds is 2. The van der Waals surface area contributed by atoms with Crippen LogP contribution in [0.4, 0.5) is 0 Å². The van der Waals surface area contributed by atoms with Crippen LogP contribution >= 0.6 is 0 Å². The van der Waals surface area contributed by atoms with Crippen molar-refractivity contribution in [3.05, 3.63) is 57.9 Å². The molecule has 116 valence electrons. The van der Waals surface area contributed by atoms with Crippen LogP contribution in [0.2, 0.25) is 0 Å². The molecule has 0 fully saturated rings. The number of nitriles is 1. The SMILES string of the molecule is COc1ccc(=O)n(C2=CC(C)(C)Oc3ccc(C#N)cc32)n1. The van der Waals surface area contributed by atoms with E-state index in [-0.39, 0.29) is 5.56 Å². The maximum Gasteiger partial charge on any atom is 0.271 e. The van der Waals surface area contributed by atoms with Gasteiger partial charge in [-0.1, -0.05) is 0 Å². The monoisotopic (exact) mass is 309 g/mol. The summed E-state index contributed by atoms with van der Waals surface area (Å²) in [5, 5.41) is 13.3. The Bertz CT molecular complexity index is 904. The molecule has 0 N–H and O–H groups in total. The third kappa shape index (κ3) is 2.69. The second-order valence-electron chi connectivity index (χ2n) is 5.68. The third-order valence-corrected chi connectivity index (χ3v) is 3.46. The van der Waals surface area contributed by atoms with Gasteiger partial charge >= 0.3 is 0 Å². The van der Waals surface area contributed by atoms with E-state index in [1.165, 1.54) is 23.9 Å². The lowest BCUT2D eigenvalue weighted by Gasteiger charge is -2.31. The first-order chi connectivity index (χ1) is 10.9. The van der Waals surface area contributed by atoms with E-state index in [1.807, 2.05) is 19.9 Å². The summed E-state index contributed by atoms with van der Waals surface area (Å²) < 4.78 is 12.3. The number of ether oxygens (including phenoxy) is 2. The Morgan fingerprint density at radius 1 is 1.30 bits per heavy atom. The van der Waals surface area contributed by atoms with Crippen molar-refractivity contribution in [2.45, 2.75) is 19.4 Å². The highest BCUT2D eigenvalue weighted by Gasteiger charge is 2.28. The van der Waals surface area contributed by atoms with E-state index in [4.69, 9.17) is 14.7 Å². The number of hydrogen-bond acceptors (Lipinski definition) is 5. The van der Waals surface area contributed by atoms with Gasteiger partial charge < -0.3 is 9.47 Å².